The van der Waals surface area contributed by atoms with E-state index in [1.165, 1.54) is 24.1 Å². The number of aromatic nitrogens is 16. The second-order valence-corrected chi connectivity index (χ2v) is 42.2. The number of hydrogen-bond acceptors (Lipinski definition) is 23. The summed E-state index contributed by atoms with van der Waals surface area (Å²) in [5.41, 5.74) is 5.65. The first-order chi connectivity index (χ1) is 52.3. The van der Waals surface area contributed by atoms with E-state index in [4.69, 9.17) is 38.8 Å². The van der Waals surface area contributed by atoms with Crippen molar-refractivity contribution >= 4 is 95.0 Å². The van der Waals surface area contributed by atoms with Crippen LogP contribution in [0.15, 0.2) is 115 Å². The van der Waals surface area contributed by atoms with Gasteiger partial charge in [0.15, 0.2) is 40.3 Å². The lowest BCUT2D eigenvalue weighted by atomic mass is 9.91. The Balaban J connectivity index is 0.000000145. The Labute approximate surface area is 643 Å². The van der Waals surface area contributed by atoms with Crippen molar-refractivity contribution in [3.05, 3.63) is 178 Å². The Morgan fingerprint density at radius 3 is 1.52 bits per heavy atom. The molecular weight excluding hydrogens is 1510 g/mol. The molecule has 0 bridgehead atoms. The number of methoxy groups -OCH3 is 3. The molecule has 28 nitrogen and oxygen atoms in total. The maximum Gasteiger partial charge on any atom is 0.242 e. The number of nitrogens with zero attached hydrogens (tertiary/aromatic N) is 19. The van der Waals surface area contributed by atoms with Crippen molar-refractivity contribution in [1.29, 1.82) is 0 Å². The fraction of sp³-hybridized carbons (Fsp3) is 0.368. The number of halogens is 4. The number of alkyl halides is 1. The van der Waals surface area contributed by atoms with Crippen LogP contribution in [-0.4, -0.2) is 168 Å². The van der Waals surface area contributed by atoms with E-state index in [-0.39, 0.29) is 48.6 Å². The number of carbonyl (C=O) groups excluding carboxylic acids is 3. The van der Waals surface area contributed by atoms with Crippen molar-refractivity contribution in [3.63, 3.8) is 0 Å². The first-order valence-electron chi connectivity index (χ1n) is 35.4. The molecule has 3 amide bonds. The first-order valence-corrected chi connectivity index (χ1v) is 43.9. The summed E-state index contributed by atoms with van der Waals surface area (Å²) in [6, 6.07) is 28.7. The third-order valence-corrected chi connectivity index (χ3v) is 22.8. The zero-order valence-electron chi connectivity index (χ0n) is 63.7. The topological polar surface area (TPSA) is 319 Å². The SMILES string of the molecule is CC1(C)C(=O)N(COCC[Si](C)(C)C)c2nc(C3=NCc4ncccc43)nnc21.COc1ccc(Cn2nc(-c3nnc4c(n3)N(COCC[Si](C)(C)C)C(=O)C4(C)C)c3cc(F)cnc32)cc1.COc1ccc(Cn2nc(-c3nnc4c(n3)NC(=O)C4(C)C)c3cc(F)cnc32)cc1.COc1cccc(CBr)c1F. The van der Waals surface area contributed by atoms with Crippen molar-refractivity contribution in [1.82, 2.24) is 80.1 Å². The molecule has 0 radical (unpaired) electrons. The highest BCUT2D eigenvalue weighted by molar-refractivity contribution is 9.08. The molecule has 34 heteroatoms. The highest BCUT2D eigenvalue weighted by Gasteiger charge is 2.49. The Kier molecular flexibility index (Phi) is 22.9. The lowest BCUT2D eigenvalue weighted by molar-refractivity contribution is -0.124. The molecule has 12 heterocycles. The van der Waals surface area contributed by atoms with Crippen LogP contribution in [0.25, 0.3) is 45.1 Å². The second-order valence-electron chi connectivity index (χ2n) is 30.4. The van der Waals surface area contributed by atoms with Gasteiger partial charge in [-0.2, -0.15) is 10.2 Å². The van der Waals surface area contributed by atoms with Crippen LogP contribution in [0.4, 0.5) is 30.6 Å². The van der Waals surface area contributed by atoms with Crippen LogP contribution < -0.4 is 29.3 Å². The van der Waals surface area contributed by atoms with E-state index in [2.05, 4.69) is 121 Å². The van der Waals surface area contributed by atoms with Crippen molar-refractivity contribution in [2.45, 2.75) is 134 Å². The fourth-order valence-corrected chi connectivity index (χ4v) is 14.1. The molecule has 110 heavy (non-hydrogen) atoms. The first kappa shape index (κ1) is 78.8. The Morgan fingerprint density at radius 2 is 1.04 bits per heavy atom. The average molecular weight is 1600 g/mol. The molecular formula is C76H84BrF3N20O8Si2. The summed E-state index contributed by atoms with van der Waals surface area (Å²) in [5.74, 6) is 2.06. The largest absolute Gasteiger partial charge is 0.497 e. The van der Waals surface area contributed by atoms with Gasteiger partial charge in [-0.1, -0.05) is 91.6 Å². The molecule has 0 fully saturated rings. The van der Waals surface area contributed by atoms with Gasteiger partial charge < -0.3 is 29.0 Å². The van der Waals surface area contributed by atoms with Crippen LogP contribution >= 0.6 is 15.9 Å². The van der Waals surface area contributed by atoms with Gasteiger partial charge in [-0.15, -0.1) is 30.6 Å². The van der Waals surface area contributed by atoms with Crippen LogP contribution in [0.2, 0.25) is 51.4 Å². The summed E-state index contributed by atoms with van der Waals surface area (Å²) in [4.78, 5) is 72.9. The van der Waals surface area contributed by atoms with E-state index in [0.29, 0.717) is 129 Å². The molecule has 1 N–H and O–H groups in total. The molecule has 4 aliphatic rings. The lowest BCUT2D eigenvalue weighted by Crippen LogP contribution is -2.38. The number of pyridine rings is 3. The highest BCUT2D eigenvalue weighted by Crippen LogP contribution is 2.42. The van der Waals surface area contributed by atoms with E-state index in [9.17, 15) is 27.6 Å². The number of rotatable bonds is 21. The Morgan fingerprint density at radius 1 is 0.555 bits per heavy atom. The molecule has 0 spiro atoms. The number of nitrogens with one attached hydrogen (secondary N) is 1. The zero-order chi connectivity index (χ0) is 78.8. The van der Waals surface area contributed by atoms with Gasteiger partial charge in [-0.3, -0.25) is 34.2 Å². The normalized spacial score (nSPS) is 14.9. The smallest absolute Gasteiger partial charge is 0.242 e. The molecule has 0 aliphatic carbocycles. The number of fused-ring (bicyclic) bond motifs is 6. The van der Waals surface area contributed by atoms with E-state index in [1.54, 1.807) is 80.6 Å². The van der Waals surface area contributed by atoms with Gasteiger partial charge in [0.2, 0.25) is 35.2 Å². The number of amides is 3. The minimum Gasteiger partial charge on any atom is -0.497 e. The second kappa shape index (κ2) is 32.0. The van der Waals surface area contributed by atoms with Crippen LogP contribution in [0.3, 0.4) is 0 Å². The van der Waals surface area contributed by atoms with E-state index in [1.807, 2.05) is 74.5 Å². The van der Waals surface area contributed by atoms with Gasteiger partial charge >= 0.3 is 0 Å². The predicted octanol–water partition coefficient (Wildman–Crippen LogP) is 12.4. The number of carbonyl (C=O) groups is 3. The fourth-order valence-electron chi connectivity index (χ4n) is 12.2. The van der Waals surface area contributed by atoms with E-state index >= 15 is 0 Å². The van der Waals surface area contributed by atoms with Gasteiger partial charge in [0.25, 0.3) is 0 Å². The van der Waals surface area contributed by atoms with Gasteiger partial charge in [0, 0.05) is 52.0 Å². The molecule has 11 aromatic rings. The molecule has 8 aromatic heterocycles. The number of aliphatic imine (C=N–C) groups is 1. The molecule has 0 saturated heterocycles. The molecule has 572 valence electrons. The van der Waals surface area contributed by atoms with E-state index < -0.39 is 44.0 Å². The molecule has 0 unspecified atom stereocenters. The lowest BCUT2D eigenvalue weighted by Gasteiger charge is -2.21. The maximum atomic E-state index is 14.3. The van der Waals surface area contributed by atoms with Gasteiger partial charge in [0.05, 0.1) is 86.1 Å². The average Bonchev–Trinajstić information content (AvgIpc) is 1.59. The summed E-state index contributed by atoms with van der Waals surface area (Å²) >= 11 is 3.18. The number of anilines is 3. The zero-order valence-corrected chi connectivity index (χ0v) is 67.3. The standard InChI is InChI=1S/C27H32FN7O3Si.C21H18FN7O2.C20H26N6O2Si.C8H8BrFO/c1-27(2)22-25(34(26(27)36)16-38-11-12-39(4,5)6)30-23(32-31-22)21-20-13-18(28)14-29-24(20)35(33-21)15-17-7-9-19(37-3)10-8-17;1-21(2)16-18(25-20(21)30)24-17(27-26-16)15-14-8-12(22)9-23-19(14)29(28-15)10-11-4-6-13(31-3)7-5-11;1-20(2)16-18(26(19(20)27)12-28-9-10-29(3,4)5)23-17(25-24-16)15-13-7-6-8-21-14(13)11-22-15;1-11-7-4-2-3-6(5-9)8(7)10/h7-10,13-14H,11-12,15-16H2,1-6H3;4-9H,10H2,1-3H3,(H,24,25,27,30);6-8H,9-12H2,1-5H3;2-4H,5H2,1H3. The summed E-state index contributed by atoms with van der Waals surface area (Å²) in [7, 11) is 2.19. The van der Waals surface area contributed by atoms with Crippen molar-refractivity contribution in [2.75, 3.05) is 63.1 Å². The number of benzene rings is 3. The van der Waals surface area contributed by atoms with Crippen molar-refractivity contribution in [2.24, 2.45) is 4.99 Å². The van der Waals surface area contributed by atoms with E-state index in [0.717, 1.165) is 58.4 Å². The van der Waals surface area contributed by atoms with Gasteiger partial charge in [-0.25, -0.2) is 47.5 Å². The minimum atomic E-state index is -1.29. The van der Waals surface area contributed by atoms with Crippen LogP contribution in [0.5, 0.6) is 17.2 Å². The summed E-state index contributed by atoms with van der Waals surface area (Å²) < 4.78 is 71.7. The molecule has 3 aromatic carbocycles. The summed E-state index contributed by atoms with van der Waals surface area (Å²) in [5, 5.41) is 39.2. The monoisotopic (exact) mass is 1600 g/mol. The molecule has 0 atom stereocenters. The van der Waals surface area contributed by atoms with Crippen LogP contribution in [-0.2, 0) is 65.1 Å². The van der Waals surface area contributed by atoms with Crippen molar-refractivity contribution in [3.8, 4) is 40.3 Å². The summed E-state index contributed by atoms with van der Waals surface area (Å²) in [6.45, 7) is 27.2. The third kappa shape index (κ3) is 16.7. The van der Waals surface area contributed by atoms with Gasteiger partial charge in [0.1, 0.15) is 70.8 Å². The minimum absolute atomic E-state index is 0.0702. The Bertz CT molecular complexity index is 5310. The third-order valence-electron chi connectivity index (χ3n) is 18.8. The van der Waals surface area contributed by atoms with Crippen LogP contribution in [0.1, 0.15) is 92.4 Å². The Hall–Kier alpha value is -10.8. The van der Waals surface area contributed by atoms with Crippen LogP contribution in [0, 0.1) is 17.5 Å². The maximum absolute atomic E-state index is 14.3. The highest BCUT2D eigenvalue weighted by atomic mass is 79.9. The molecule has 15 rings (SSSR count). The molecule has 0 saturated carbocycles. The summed E-state index contributed by atoms with van der Waals surface area (Å²) in [6.07, 6.45) is 4.05. The van der Waals surface area contributed by atoms with Crippen molar-refractivity contribution < 1.29 is 51.2 Å². The number of ether oxygens (including phenoxy) is 5. The predicted molar refractivity (Wildman–Crippen MR) is 416 cm³/mol. The number of hydrogen-bond donors (Lipinski definition) is 1. The van der Waals surface area contributed by atoms with Gasteiger partial charge in [-0.05, 0) is 119 Å². The quantitative estimate of drug-likeness (QED) is 0.0397. The molecule has 4 aliphatic heterocycles.